The molecule has 3 heterocycles. The second-order valence-corrected chi connectivity index (χ2v) is 5.95. The summed E-state index contributed by atoms with van der Waals surface area (Å²) in [6.45, 7) is 1.94. The number of fused-ring (bicyclic) bond motifs is 1. The molecule has 23 heavy (non-hydrogen) atoms. The van der Waals surface area contributed by atoms with Gasteiger partial charge in [0, 0.05) is 24.2 Å². The van der Waals surface area contributed by atoms with Crippen molar-refractivity contribution in [2.75, 3.05) is 5.73 Å². The van der Waals surface area contributed by atoms with Crippen molar-refractivity contribution in [2.24, 2.45) is 0 Å². The Balaban J connectivity index is 2.30. The molecule has 0 radical (unpaired) electrons. The second-order valence-electron chi connectivity index (χ2n) is 5.14. The van der Waals surface area contributed by atoms with Gasteiger partial charge < -0.3 is 5.73 Å². The Kier molecular flexibility index (Phi) is 3.96. The molecule has 2 N–H and O–H groups in total. The number of hydrogen-bond donors (Lipinski definition) is 1. The maximum absolute atomic E-state index is 14.2. The van der Waals surface area contributed by atoms with Crippen LogP contribution in [0, 0.1) is 17.1 Å². The van der Waals surface area contributed by atoms with E-state index in [1.165, 1.54) is 0 Å². The molecule has 6 nitrogen and oxygen atoms in total. The van der Waals surface area contributed by atoms with Crippen LogP contribution >= 0.6 is 15.9 Å². The molecule has 1 atom stereocenters. The van der Waals surface area contributed by atoms with E-state index in [2.05, 4.69) is 37.0 Å². The summed E-state index contributed by atoms with van der Waals surface area (Å²) in [6.07, 6.45) is 4.86. The summed E-state index contributed by atoms with van der Waals surface area (Å²) in [5.74, 6) is -0.545. The quantitative estimate of drug-likeness (QED) is 0.709. The van der Waals surface area contributed by atoms with Gasteiger partial charge in [0.1, 0.15) is 4.60 Å². The van der Waals surface area contributed by atoms with Gasteiger partial charge >= 0.3 is 0 Å². The van der Waals surface area contributed by atoms with Crippen LogP contribution in [0.2, 0.25) is 0 Å². The van der Waals surface area contributed by atoms with Crippen molar-refractivity contribution in [3.63, 3.8) is 0 Å². The number of halogens is 2. The van der Waals surface area contributed by atoms with E-state index in [-0.39, 0.29) is 17.7 Å². The highest BCUT2D eigenvalue weighted by atomic mass is 79.9. The molecular formula is C15H12BrFN6. The van der Waals surface area contributed by atoms with Crippen LogP contribution in [0.25, 0.3) is 16.7 Å². The highest BCUT2D eigenvalue weighted by Crippen LogP contribution is 2.32. The molecule has 0 bridgehead atoms. The number of hydrogen-bond acceptors (Lipinski definition) is 5. The number of anilines is 1. The minimum absolute atomic E-state index is 0.0111. The summed E-state index contributed by atoms with van der Waals surface area (Å²) in [5, 5.41) is 9.78. The predicted octanol–water partition coefficient (Wildman–Crippen LogP) is 3.32. The molecule has 0 aliphatic heterocycles. The monoisotopic (exact) mass is 374 g/mol. The van der Waals surface area contributed by atoms with Crippen molar-refractivity contribution in [1.82, 2.24) is 19.5 Å². The van der Waals surface area contributed by atoms with Gasteiger partial charge in [-0.2, -0.15) is 10.2 Å². The van der Waals surface area contributed by atoms with Crippen LogP contribution in [0.1, 0.15) is 24.8 Å². The summed E-state index contributed by atoms with van der Waals surface area (Å²) in [7, 11) is 0. The first-order valence-electron chi connectivity index (χ1n) is 6.83. The fourth-order valence-corrected chi connectivity index (χ4v) is 2.79. The number of nitrogen functional groups attached to an aromatic ring is 1. The summed E-state index contributed by atoms with van der Waals surface area (Å²) >= 11 is 3.32. The average molecular weight is 375 g/mol. The predicted molar refractivity (Wildman–Crippen MR) is 87.4 cm³/mol. The molecule has 0 spiro atoms. The third kappa shape index (κ3) is 2.75. The molecule has 3 aromatic heterocycles. The first-order chi connectivity index (χ1) is 11.0. The Morgan fingerprint density at radius 2 is 2.22 bits per heavy atom. The molecule has 1 unspecified atom stereocenters. The van der Waals surface area contributed by atoms with Crippen LogP contribution < -0.4 is 5.73 Å². The lowest BCUT2D eigenvalue weighted by atomic mass is 9.99. The Morgan fingerprint density at radius 3 is 2.96 bits per heavy atom. The zero-order chi connectivity index (χ0) is 16.6. The van der Waals surface area contributed by atoms with Gasteiger partial charge in [0.15, 0.2) is 11.6 Å². The van der Waals surface area contributed by atoms with E-state index in [4.69, 9.17) is 11.0 Å². The van der Waals surface area contributed by atoms with Gasteiger partial charge in [-0.15, -0.1) is 0 Å². The van der Waals surface area contributed by atoms with Crippen molar-refractivity contribution in [3.8, 4) is 11.9 Å². The first kappa shape index (κ1) is 15.4. The van der Waals surface area contributed by atoms with E-state index in [0.29, 0.717) is 11.0 Å². The van der Waals surface area contributed by atoms with Gasteiger partial charge in [0.2, 0.25) is 5.95 Å². The van der Waals surface area contributed by atoms with Gasteiger partial charge in [-0.3, -0.25) is 4.57 Å². The normalized spacial score (nSPS) is 12.3. The molecule has 0 aromatic carbocycles. The van der Waals surface area contributed by atoms with Gasteiger partial charge in [-0.1, -0.05) is 6.92 Å². The number of pyridine rings is 1. The van der Waals surface area contributed by atoms with Crippen LogP contribution in [0.3, 0.4) is 0 Å². The second kappa shape index (κ2) is 5.93. The summed E-state index contributed by atoms with van der Waals surface area (Å²) in [6, 6.07) is 3.93. The lowest BCUT2D eigenvalue weighted by Gasteiger charge is -2.06. The molecule has 0 aliphatic rings. The zero-order valence-corrected chi connectivity index (χ0v) is 13.7. The van der Waals surface area contributed by atoms with E-state index >= 15 is 0 Å². The molecular weight excluding hydrogens is 363 g/mol. The Morgan fingerprint density at radius 1 is 1.43 bits per heavy atom. The minimum atomic E-state index is -0.580. The highest BCUT2D eigenvalue weighted by Gasteiger charge is 2.18. The summed E-state index contributed by atoms with van der Waals surface area (Å²) < 4.78 is 16.4. The molecule has 8 heteroatoms. The van der Waals surface area contributed by atoms with Gasteiger partial charge in [-0.05, 0) is 33.5 Å². The molecule has 3 rings (SSSR count). The molecule has 0 saturated carbocycles. The van der Waals surface area contributed by atoms with E-state index in [1.807, 2.05) is 6.92 Å². The number of rotatable bonds is 3. The van der Waals surface area contributed by atoms with Gasteiger partial charge in [0.05, 0.1) is 17.8 Å². The Hall–Kier alpha value is -2.53. The van der Waals surface area contributed by atoms with Crippen LogP contribution in [-0.2, 0) is 0 Å². The van der Waals surface area contributed by atoms with Crippen molar-refractivity contribution >= 4 is 32.8 Å². The lowest BCUT2D eigenvalue weighted by molar-refractivity contribution is 0.604. The fourth-order valence-electron chi connectivity index (χ4n) is 2.48. The van der Waals surface area contributed by atoms with Crippen LogP contribution in [-0.4, -0.2) is 19.5 Å². The smallest absolute Gasteiger partial charge is 0.222 e. The summed E-state index contributed by atoms with van der Waals surface area (Å²) in [4.78, 5) is 11.9. The number of nitrogens with zero attached hydrogens (tertiary/aromatic N) is 5. The standard InChI is InChI=1S/C15H12BrFN6/c1-8(2-3-18)10-7-23(12-4-13(16)20-5-9(10)12)14-11(17)6-21-15(19)22-14/h4-8H,2H2,1H3,(H2,19,21,22). The van der Waals surface area contributed by atoms with Gasteiger partial charge in [0.25, 0.3) is 0 Å². The molecule has 116 valence electrons. The van der Waals surface area contributed by atoms with Crippen molar-refractivity contribution in [3.05, 3.63) is 40.6 Å². The van der Waals surface area contributed by atoms with Crippen molar-refractivity contribution in [2.45, 2.75) is 19.3 Å². The lowest BCUT2D eigenvalue weighted by Crippen LogP contribution is -2.05. The molecule has 0 amide bonds. The first-order valence-corrected chi connectivity index (χ1v) is 7.62. The minimum Gasteiger partial charge on any atom is -0.368 e. The highest BCUT2D eigenvalue weighted by molar-refractivity contribution is 9.10. The Labute approximate surface area is 139 Å². The average Bonchev–Trinajstić information content (AvgIpc) is 2.88. The third-order valence-corrected chi connectivity index (χ3v) is 4.02. The van der Waals surface area contributed by atoms with Crippen LogP contribution in [0.15, 0.2) is 29.3 Å². The number of aromatic nitrogens is 4. The topological polar surface area (TPSA) is 93.4 Å². The van der Waals surface area contributed by atoms with E-state index in [1.54, 1.807) is 23.0 Å². The van der Waals surface area contributed by atoms with Crippen LogP contribution in [0.5, 0.6) is 0 Å². The maximum Gasteiger partial charge on any atom is 0.222 e. The SMILES string of the molecule is CC(CC#N)c1cn(-c2nc(N)ncc2F)c2cc(Br)ncc12. The number of nitriles is 1. The fraction of sp³-hybridized carbons (Fsp3) is 0.200. The van der Waals surface area contributed by atoms with E-state index in [0.717, 1.165) is 22.7 Å². The van der Waals surface area contributed by atoms with Gasteiger partial charge in [-0.25, -0.2) is 14.4 Å². The molecule has 0 saturated heterocycles. The van der Waals surface area contributed by atoms with Crippen LogP contribution in [0.4, 0.5) is 10.3 Å². The zero-order valence-electron chi connectivity index (χ0n) is 12.2. The van der Waals surface area contributed by atoms with Crippen molar-refractivity contribution in [1.29, 1.82) is 5.26 Å². The molecule has 0 fully saturated rings. The maximum atomic E-state index is 14.2. The number of nitrogens with two attached hydrogens (primary N) is 1. The summed E-state index contributed by atoms with van der Waals surface area (Å²) in [5.41, 5.74) is 7.21. The Bertz CT molecular complexity index is 930. The van der Waals surface area contributed by atoms with E-state index < -0.39 is 5.82 Å². The molecule has 0 aliphatic carbocycles. The third-order valence-electron chi connectivity index (χ3n) is 3.59. The molecule has 3 aromatic rings. The van der Waals surface area contributed by atoms with Crippen molar-refractivity contribution < 1.29 is 4.39 Å². The largest absolute Gasteiger partial charge is 0.368 e. The van der Waals surface area contributed by atoms with E-state index in [9.17, 15) is 4.39 Å².